The van der Waals surface area contributed by atoms with Crippen molar-refractivity contribution in [1.82, 2.24) is 19.4 Å². The second-order valence-corrected chi connectivity index (χ2v) is 10.1. The molecule has 0 bridgehead atoms. The summed E-state index contributed by atoms with van der Waals surface area (Å²) < 4.78 is 2.18. The number of imidazole rings is 1. The van der Waals surface area contributed by atoms with Gasteiger partial charge in [-0.15, -0.1) is 0 Å². The van der Waals surface area contributed by atoms with E-state index in [-0.39, 0.29) is 5.92 Å². The maximum absolute atomic E-state index is 13.1. The number of carbonyl (C=O) groups is 1. The lowest BCUT2D eigenvalue weighted by Crippen LogP contribution is -2.50. The third kappa shape index (κ3) is 6.48. The van der Waals surface area contributed by atoms with E-state index in [9.17, 15) is 4.79 Å². The van der Waals surface area contributed by atoms with Gasteiger partial charge >= 0.3 is 0 Å². The molecule has 1 aromatic carbocycles. The number of piperazine rings is 1. The third-order valence-electron chi connectivity index (χ3n) is 7.72. The van der Waals surface area contributed by atoms with Crippen molar-refractivity contribution in [3.63, 3.8) is 0 Å². The summed E-state index contributed by atoms with van der Waals surface area (Å²) in [4.78, 5) is 22.0. The number of hydrogen-bond donors (Lipinski definition) is 0. The predicted octanol–water partition coefficient (Wildman–Crippen LogP) is 4.83. The number of rotatable bonds is 9. The predicted molar refractivity (Wildman–Crippen MR) is 134 cm³/mol. The van der Waals surface area contributed by atoms with E-state index in [2.05, 4.69) is 32.3 Å². The van der Waals surface area contributed by atoms with E-state index in [0.29, 0.717) is 11.5 Å². The number of hydrogen-bond acceptors (Lipinski definition) is 4. The number of unbranched alkanes of at least 4 members (excludes halogenated alkanes) is 2. The fourth-order valence-electron chi connectivity index (χ4n) is 5.50. The Morgan fingerprint density at radius 2 is 1.76 bits per heavy atom. The first-order valence-electron chi connectivity index (χ1n) is 13.2. The Morgan fingerprint density at radius 3 is 2.44 bits per heavy atom. The van der Waals surface area contributed by atoms with E-state index in [1.165, 1.54) is 44.2 Å². The molecular formula is C28H39N5O. The summed E-state index contributed by atoms with van der Waals surface area (Å²) in [6.45, 7) is 7.36. The summed E-state index contributed by atoms with van der Waals surface area (Å²) >= 11 is 0. The topological polar surface area (TPSA) is 65.2 Å². The van der Waals surface area contributed by atoms with Gasteiger partial charge in [-0.2, -0.15) is 5.26 Å². The maximum Gasteiger partial charge on any atom is 0.225 e. The fourth-order valence-corrected chi connectivity index (χ4v) is 5.50. The van der Waals surface area contributed by atoms with E-state index in [1.54, 1.807) is 0 Å². The fraction of sp³-hybridized carbons (Fsp3) is 0.607. The van der Waals surface area contributed by atoms with Gasteiger partial charge in [0.1, 0.15) is 0 Å². The van der Waals surface area contributed by atoms with Crippen molar-refractivity contribution in [2.75, 3.05) is 26.2 Å². The molecule has 0 N–H and O–H groups in total. The second kappa shape index (κ2) is 12.2. The summed E-state index contributed by atoms with van der Waals surface area (Å²) in [5, 5.41) is 8.99. The van der Waals surface area contributed by atoms with Crippen molar-refractivity contribution in [2.24, 2.45) is 11.8 Å². The maximum atomic E-state index is 13.1. The first kappa shape index (κ1) is 24.5. The van der Waals surface area contributed by atoms with Crippen LogP contribution in [0.4, 0.5) is 0 Å². The Labute approximate surface area is 204 Å². The van der Waals surface area contributed by atoms with Crippen molar-refractivity contribution in [3.8, 4) is 6.07 Å². The van der Waals surface area contributed by atoms with Gasteiger partial charge < -0.3 is 9.47 Å². The highest BCUT2D eigenvalue weighted by Gasteiger charge is 2.31. The quantitative estimate of drug-likeness (QED) is 0.502. The molecule has 1 aromatic heterocycles. The minimum atomic E-state index is 0.253. The summed E-state index contributed by atoms with van der Waals surface area (Å²) in [5.41, 5.74) is 3.03. The van der Waals surface area contributed by atoms with E-state index in [1.807, 2.05) is 36.8 Å². The lowest BCUT2D eigenvalue weighted by atomic mass is 9.79. The molecule has 2 heterocycles. The third-order valence-corrected chi connectivity index (χ3v) is 7.72. The molecule has 0 spiro atoms. The minimum Gasteiger partial charge on any atom is -0.340 e. The standard InChI is InChI=1S/C28H39N5O/c1-2-3-4-5-23-10-12-26(13-11-23)28(34)32-16-14-31(15-17-32)21-27-19-30-22-33(27)20-25-8-6-24(18-29)7-9-25/h6-9,19,22-23,26H,2-5,10-17,20-21H2,1H3/t23-,26-. The van der Waals surface area contributed by atoms with Crippen LogP contribution < -0.4 is 0 Å². The molecule has 6 heteroatoms. The molecular weight excluding hydrogens is 422 g/mol. The van der Waals surface area contributed by atoms with Gasteiger partial charge in [0.2, 0.25) is 5.91 Å². The second-order valence-electron chi connectivity index (χ2n) is 10.1. The van der Waals surface area contributed by atoms with Crippen LogP contribution in [-0.2, 0) is 17.9 Å². The van der Waals surface area contributed by atoms with Crippen LogP contribution in [0, 0.1) is 23.2 Å². The Morgan fingerprint density at radius 1 is 1.03 bits per heavy atom. The van der Waals surface area contributed by atoms with E-state index >= 15 is 0 Å². The lowest BCUT2D eigenvalue weighted by molar-refractivity contribution is -0.138. The van der Waals surface area contributed by atoms with Gasteiger partial charge in [0.05, 0.1) is 23.7 Å². The van der Waals surface area contributed by atoms with Crippen LogP contribution in [0.1, 0.15) is 75.1 Å². The van der Waals surface area contributed by atoms with Crippen LogP contribution in [0.15, 0.2) is 36.8 Å². The van der Waals surface area contributed by atoms with Gasteiger partial charge in [-0.05, 0) is 49.3 Å². The van der Waals surface area contributed by atoms with E-state index in [4.69, 9.17) is 5.26 Å². The van der Waals surface area contributed by atoms with Crippen molar-refractivity contribution in [2.45, 2.75) is 71.4 Å². The number of aromatic nitrogens is 2. The molecule has 182 valence electrons. The average molecular weight is 462 g/mol. The van der Waals surface area contributed by atoms with Crippen molar-refractivity contribution in [3.05, 3.63) is 53.6 Å². The Kier molecular flexibility index (Phi) is 8.76. The number of amides is 1. The number of benzene rings is 1. The Bertz CT molecular complexity index is 944. The first-order valence-corrected chi connectivity index (χ1v) is 13.2. The zero-order chi connectivity index (χ0) is 23.8. The molecule has 2 fully saturated rings. The zero-order valence-electron chi connectivity index (χ0n) is 20.7. The molecule has 1 aliphatic heterocycles. The van der Waals surface area contributed by atoms with Gasteiger partial charge in [0.15, 0.2) is 0 Å². The van der Waals surface area contributed by atoms with E-state index < -0.39 is 0 Å². The van der Waals surface area contributed by atoms with Gasteiger partial charge in [0, 0.05) is 51.4 Å². The minimum absolute atomic E-state index is 0.253. The molecule has 0 unspecified atom stereocenters. The largest absolute Gasteiger partial charge is 0.340 e. The number of nitriles is 1. The molecule has 34 heavy (non-hydrogen) atoms. The number of carbonyl (C=O) groups excluding carboxylic acids is 1. The molecule has 4 rings (SSSR count). The monoisotopic (exact) mass is 461 g/mol. The summed E-state index contributed by atoms with van der Waals surface area (Å²) in [6, 6.07) is 9.90. The molecule has 6 nitrogen and oxygen atoms in total. The van der Waals surface area contributed by atoms with Crippen molar-refractivity contribution >= 4 is 5.91 Å². The highest BCUT2D eigenvalue weighted by molar-refractivity contribution is 5.79. The molecule has 0 radical (unpaired) electrons. The van der Waals surface area contributed by atoms with Crippen molar-refractivity contribution < 1.29 is 4.79 Å². The molecule has 0 atom stereocenters. The normalized spacial score (nSPS) is 21.4. The van der Waals surface area contributed by atoms with Crippen LogP contribution in [0.5, 0.6) is 0 Å². The van der Waals surface area contributed by atoms with Gasteiger partial charge in [0.25, 0.3) is 0 Å². The van der Waals surface area contributed by atoms with Gasteiger partial charge in [-0.3, -0.25) is 9.69 Å². The highest BCUT2D eigenvalue weighted by atomic mass is 16.2. The molecule has 1 saturated carbocycles. The zero-order valence-corrected chi connectivity index (χ0v) is 20.7. The first-order chi connectivity index (χ1) is 16.7. The van der Waals surface area contributed by atoms with Crippen LogP contribution >= 0.6 is 0 Å². The molecule has 1 aliphatic carbocycles. The van der Waals surface area contributed by atoms with Crippen LogP contribution in [0.3, 0.4) is 0 Å². The Hall–Kier alpha value is -2.65. The number of nitrogens with zero attached hydrogens (tertiary/aromatic N) is 5. The summed E-state index contributed by atoms with van der Waals surface area (Å²) in [6.07, 6.45) is 13.8. The Balaban J connectivity index is 1.21. The smallest absolute Gasteiger partial charge is 0.225 e. The SMILES string of the molecule is CCCCC[C@H]1CC[C@H](C(=O)N2CCN(Cc3cncn3Cc3ccc(C#N)cc3)CC2)CC1. The van der Waals surface area contributed by atoms with Gasteiger partial charge in [-0.25, -0.2) is 4.98 Å². The summed E-state index contributed by atoms with van der Waals surface area (Å²) in [5.74, 6) is 1.50. The molecule has 1 amide bonds. The van der Waals surface area contributed by atoms with Gasteiger partial charge in [-0.1, -0.05) is 44.7 Å². The highest BCUT2D eigenvalue weighted by Crippen LogP contribution is 2.33. The van der Waals surface area contributed by atoms with Crippen LogP contribution in [0.2, 0.25) is 0 Å². The molecule has 2 aliphatic rings. The lowest BCUT2D eigenvalue weighted by Gasteiger charge is -2.38. The van der Waals surface area contributed by atoms with Crippen molar-refractivity contribution in [1.29, 1.82) is 5.26 Å². The average Bonchev–Trinajstić information content (AvgIpc) is 3.31. The summed E-state index contributed by atoms with van der Waals surface area (Å²) in [7, 11) is 0. The molecule has 2 aromatic rings. The van der Waals surface area contributed by atoms with Crippen LogP contribution in [0.25, 0.3) is 0 Å². The molecule has 1 saturated heterocycles. The van der Waals surface area contributed by atoms with E-state index in [0.717, 1.165) is 63.6 Å². The van der Waals surface area contributed by atoms with Crippen LogP contribution in [-0.4, -0.2) is 51.4 Å².